The molecule has 0 radical (unpaired) electrons. The molecule has 0 spiro atoms. The Labute approximate surface area is 144 Å². The average molecular weight is 359 g/mol. The van der Waals surface area contributed by atoms with Crippen molar-refractivity contribution in [3.63, 3.8) is 0 Å². The maximum absolute atomic E-state index is 11.6. The number of aromatic nitrogens is 1. The third-order valence-electron chi connectivity index (χ3n) is 3.77. The Morgan fingerprint density at radius 2 is 1.58 bits per heavy atom. The second kappa shape index (κ2) is 6.47. The fourth-order valence-corrected chi connectivity index (χ4v) is 3.66. The highest BCUT2D eigenvalue weighted by molar-refractivity contribution is 7.91. The van der Waals surface area contributed by atoms with E-state index >= 15 is 0 Å². The van der Waals surface area contributed by atoms with Gasteiger partial charge in [-0.2, -0.15) is 0 Å². The highest BCUT2D eigenvalue weighted by atomic mass is 32.2. The van der Waals surface area contributed by atoms with Crippen molar-refractivity contribution in [1.29, 1.82) is 0 Å². The monoisotopic (exact) mass is 359 g/mol. The van der Waals surface area contributed by atoms with Gasteiger partial charge in [0.1, 0.15) is 6.26 Å². The van der Waals surface area contributed by atoms with Crippen LogP contribution in [0.2, 0.25) is 0 Å². The van der Waals surface area contributed by atoms with Crippen LogP contribution in [-0.2, 0) is 21.0 Å². The molecule has 0 amide bonds. The molecule has 0 aliphatic heterocycles. The first-order valence-electron chi connectivity index (χ1n) is 7.28. The first-order chi connectivity index (χ1) is 11.4. The fourth-order valence-electron chi connectivity index (χ4n) is 2.51. The number of sulfone groups is 1. The van der Waals surface area contributed by atoms with Gasteiger partial charge >= 0.3 is 0 Å². The summed E-state index contributed by atoms with van der Waals surface area (Å²) < 4.78 is 36.7. The smallest absolute Gasteiger partial charge is 0.175 e. The van der Waals surface area contributed by atoms with E-state index in [1.165, 1.54) is 6.26 Å². The molecule has 3 rings (SSSR count). The molecular weight excluding hydrogens is 342 g/mol. The van der Waals surface area contributed by atoms with E-state index in [0.717, 1.165) is 21.8 Å². The van der Waals surface area contributed by atoms with E-state index in [1.807, 2.05) is 47.2 Å². The van der Waals surface area contributed by atoms with Crippen molar-refractivity contribution in [1.82, 2.24) is 4.57 Å². The Balaban J connectivity index is 1.98. The molecule has 1 heterocycles. The van der Waals surface area contributed by atoms with E-state index in [9.17, 15) is 13.0 Å². The normalized spacial score (nSPS) is 13.0. The molecule has 0 N–H and O–H groups in total. The van der Waals surface area contributed by atoms with Gasteiger partial charge in [0.2, 0.25) is 0 Å². The molecule has 0 aliphatic rings. The van der Waals surface area contributed by atoms with Crippen molar-refractivity contribution in [3.8, 4) is 16.9 Å². The van der Waals surface area contributed by atoms with Gasteiger partial charge in [0.25, 0.3) is 0 Å². The van der Waals surface area contributed by atoms with Crippen LogP contribution in [0.15, 0.2) is 76.7 Å². The van der Waals surface area contributed by atoms with Crippen molar-refractivity contribution in [2.75, 3.05) is 12.5 Å². The molecule has 1 atom stereocenters. The van der Waals surface area contributed by atoms with Crippen LogP contribution in [-0.4, -0.2) is 30.0 Å². The van der Waals surface area contributed by atoms with Crippen LogP contribution in [0.1, 0.15) is 0 Å². The Morgan fingerprint density at radius 3 is 2.12 bits per heavy atom. The van der Waals surface area contributed by atoms with E-state index in [1.54, 1.807) is 30.5 Å². The molecule has 4 nitrogen and oxygen atoms in total. The van der Waals surface area contributed by atoms with Crippen LogP contribution in [0.5, 0.6) is 0 Å². The summed E-state index contributed by atoms with van der Waals surface area (Å²) in [5, 5.41) is 0. The Hall–Kier alpha value is -2.02. The lowest BCUT2D eigenvalue weighted by molar-refractivity contribution is 0.600. The Bertz CT molecular complexity index is 941. The summed E-state index contributed by atoms with van der Waals surface area (Å²) in [6.45, 7) is 0. The number of hydrogen-bond donors (Lipinski definition) is 0. The molecule has 124 valence electrons. The second-order valence-electron chi connectivity index (χ2n) is 5.51. The third-order valence-corrected chi connectivity index (χ3v) is 5.84. The van der Waals surface area contributed by atoms with Crippen LogP contribution in [0.3, 0.4) is 0 Å². The van der Waals surface area contributed by atoms with Crippen LogP contribution in [0, 0.1) is 0 Å². The number of rotatable bonds is 4. The zero-order valence-electron chi connectivity index (χ0n) is 13.3. The van der Waals surface area contributed by atoms with Crippen molar-refractivity contribution in [3.05, 3.63) is 66.9 Å². The highest BCUT2D eigenvalue weighted by Crippen LogP contribution is 2.25. The number of nitrogens with zero attached hydrogens (tertiary/aromatic N) is 1. The summed E-state index contributed by atoms with van der Waals surface area (Å²) in [6, 6.07) is 18.3. The minimum absolute atomic E-state index is 0.305. The highest BCUT2D eigenvalue weighted by Gasteiger charge is 2.10. The van der Waals surface area contributed by atoms with Crippen LogP contribution in [0.25, 0.3) is 16.9 Å². The van der Waals surface area contributed by atoms with Crippen LogP contribution < -0.4 is 0 Å². The summed E-state index contributed by atoms with van der Waals surface area (Å²) >= 11 is -1.00. The SMILES string of the molecule is C[S+]([O-])c1ccc(-n2cccc2-c2ccc(S(C)(=O)=O)cc2)cc1. The summed E-state index contributed by atoms with van der Waals surface area (Å²) in [5.74, 6) is 0. The lowest BCUT2D eigenvalue weighted by atomic mass is 10.1. The summed E-state index contributed by atoms with van der Waals surface area (Å²) in [6.07, 6.45) is 4.79. The van der Waals surface area contributed by atoms with Gasteiger partial charge in [0, 0.05) is 18.1 Å². The van der Waals surface area contributed by atoms with Crippen LogP contribution >= 0.6 is 0 Å². The zero-order valence-corrected chi connectivity index (χ0v) is 15.0. The van der Waals surface area contributed by atoms with Gasteiger partial charge in [-0.3, -0.25) is 0 Å². The molecule has 24 heavy (non-hydrogen) atoms. The van der Waals surface area contributed by atoms with Gasteiger partial charge < -0.3 is 9.12 Å². The van der Waals surface area contributed by atoms with Gasteiger partial charge in [-0.25, -0.2) is 8.42 Å². The predicted octanol–water partition coefficient (Wildman–Crippen LogP) is 3.29. The Morgan fingerprint density at radius 1 is 0.958 bits per heavy atom. The minimum atomic E-state index is -3.20. The molecule has 2 aromatic carbocycles. The van der Waals surface area contributed by atoms with Gasteiger partial charge in [-0.15, -0.1) is 0 Å². The maximum atomic E-state index is 11.6. The minimum Gasteiger partial charge on any atom is -0.612 e. The van der Waals surface area contributed by atoms with Crippen molar-refractivity contribution in [2.24, 2.45) is 0 Å². The lowest BCUT2D eigenvalue weighted by Crippen LogP contribution is -2.00. The lowest BCUT2D eigenvalue weighted by Gasteiger charge is -2.11. The maximum Gasteiger partial charge on any atom is 0.175 e. The molecule has 0 fully saturated rings. The standard InChI is InChI=1S/C18H17NO3S2/c1-23(20)16-9-7-15(8-10-16)19-13-3-4-18(19)14-5-11-17(12-6-14)24(2,21)22/h3-13H,1-2H3. The average Bonchev–Trinajstić information content (AvgIpc) is 3.04. The molecule has 6 heteroatoms. The van der Waals surface area contributed by atoms with Crippen LogP contribution in [0.4, 0.5) is 0 Å². The van der Waals surface area contributed by atoms with Crippen molar-refractivity contribution < 1.29 is 13.0 Å². The quantitative estimate of drug-likeness (QED) is 0.672. The first kappa shape index (κ1) is 16.8. The van der Waals surface area contributed by atoms with Gasteiger partial charge in [-0.05, 0) is 65.3 Å². The number of benzene rings is 2. The topological polar surface area (TPSA) is 62.1 Å². The summed E-state index contributed by atoms with van der Waals surface area (Å²) in [7, 11) is -3.20. The Kier molecular flexibility index (Phi) is 4.54. The van der Waals surface area contributed by atoms with Crippen molar-refractivity contribution >= 4 is 21.0 Å². The summed E-state index contributed by atoms with van der Waals surface area (Å²) in [5.41, 5.74) is 2.84. The molecule has 0 bridgehead atoms. The second-order valence-corrected chi connectivity index (χ2v) is 8.90. The van der Waals surface area contributed by atoms with E-state index in [4.69, 9.17) is 0 Å². The largest absolute Gasteiger partial charge is 0.612 e. The summed E-state index contributed by atoms with van der Waals surface area (Å²) in [4.78, 5) is 1.09. The van der Waals surface area contributed by atoms with E-state index in [-0.39, 0.29) is 0 Å². The molecule has 1 unspecified atom stereocenters. The molecule has 0 saturated carbocycles. The molecule has 0 saturated heterocycles. The molecular formula is C18H17NO3S2. The first-order valence-corrected chi connectivity index (χ1v) is 10.7. The van der Waals surface area contributed by atoms with Gasteiger partial charge in [-0.1, -0.05) is 12.1 Å². The third kappa shape index (κ3) is 3.40. The van der Waals surface area contributed by atoms with Crippen molar-refractivity contribution in [2.45, 2.75) is 9.79 Å². The van der Waals surface area contributed by atoms with Gasteiger partial charge in [0.15, 0.2) is 14.7 Å². The number of hydrogen-bond acceptors (Lipinski definition) is 3. The van der Waals surface area contributed by atoms with E-state index in [0.29, 0.717) is 4.90 Å². The molecule has 3 aromatic rings. The predicted molar refractivity (Wildman–Crippen MR) is 96.6 cm³/mol. The fraction of sp³-hybridized carbons (Fsp3) is 0.111. The van der Waals surface area contributed by atoms with Gasteiger partial charge in [0.05, 0.1) is 10.6 Å². The molecule has 0 aliphatic carbocycles. The van der Waals surface area contributed by atoms with E-state index < -0.39 is 21.0 Å². The van der Waals surface area contributed by atoms with E-state index in [2.05, 4.69) is 0 Å². The molecule has 1 aromatic heterocycles. The zero-order chi connectivity index (χ0) is 17.3.